The third-order valence-electron chi connectivity index (χ3n) is 4.30. The van der Waals surface area contributed by atoms with E-state index in [9.17, 15) is 13.3 Å². The number of halogens is 3. The normalized spacial score (nSPS) is 17.6. The molecule has 1 aliphatic heterocycles. The van der Waals surface area contributed by atoms with Crippen molar-refractivity contribution >= 4 is 23.5 Å². The maximum Gasteiger partial charge on any atom is 0.404 e. The Bertz CT molecular complexity index is 645. The zero-order valence-electron chi connectivity index (χ0n) is 15.4. The van der Waals surface area contributed by atoms with E-state index in [2.05, 4.69) is 32.8 Å². The summed E-state index contributed by atoms with van der Waals surface area (Å²) in [4.78, 5) is 4.54. The zero-order valence-corrected chi connectivity index (χ0v) is 17.9. The first kappa shape index (κ1) is 21.9. The molecule has 0 spiro atoms. The van der Waals surface area contributed by atoms with Gasteiger partial charge in [-0.05, 0) is 32.5 Å². The molecule has 26 heavy (non-hydrogen) atoms. The van der Waals surface area contributed by atoms with E-state index < -0.39 is 13.3 Å². The highest BCUT2D eigenvalue weighted by Gasteiger charge is 2.55. The molecule has 9 heteroatoms. The summed E-state index contributed by atoms with van der Waals surface area (Å²) in [5.74, 6) is 0. The van der Waals surface area contributed by atoms with E-state index in [1.165, 1.54) is 19.9 Å². The molecular formula is C17H26BrF2N2O3P. The molecule has 148 valence electrons. The van der Waals surface area contributed by atoms with Crippen LogP contribution in [0.25, 0.3) is 0 Å². The number of piperazine rings is 1. The number of alkyl halides is 2. The van der Waals surface area contributed by atoms with Gasteiger partial charge in [-0.15, -0.1) is 0 Å². The Balaban J connectivity index is 2.20. The van der Waals surface area contributed by atoms with Gasteiger partial charge in [0.05, 0.1) is 13.2 Å². The van der Waals surface area contributed by atoms with Crippen molar-refractivity contribution in [3.63, 3.8) is 0 Å². The molecule has 1 aromatic rings. The first-order valence-corrected chi connectivity index (χ1v) is 11.0. The van der Waals surface area contributed by atoms with Crippen LogP contribution in [0.15, 0.2) is 22.7 Å². The van der Waals surface area contributed by atoms with Gasteiger partial charge in [0.15, 0.2) is 0 Å². The number of benzene rings is 1. The van der Waals surface area contributed by atoms with Crippen LogP contribution in [0, 0.1) is 0 Å². The average Bonchev–Trinajstić information content (AvgIpc) is 2.57. The van der Waals surface area contributed by atoms with Crippen LogP contribution in [0.1, 0.15) is 25.0 Å². The van der Waals surface area contributed by atoms with Crippen LogP contribution < -0.4 is 0 Å². The Morgan fingerprint density at radius 1 is 1.15 bits per heavy atom. The lowest BCUT2D eigenvalue weighted by molar-refractivity contribution is 0.0354. The third kappa shape index (κ3) is 4.91. The Morgan fingerprint density at radius 2 is 1.73 bits per heavy atom. The molecule has 0 unspecified atom stereocenters. The van der Waals surface area contributed by atoms with Gasteiger partial charge in [-0.25, -0.2) is 0 Å². The van der Waals surface area contributed by atoms with Crippen molar-refractivity contribution in [2.45, 2.75) is 26.1 Å². The highest BCUT2D eigenvalue weighted by molar-refractivity contribution is 9.10. The van der Waals surface area contributed by atoms with E-state index in [-0.39, 0.29) is 23.2 Å². The van der Waals surface area contributed by atoms with Gasteiger partial charge in [-0.2, -0.15) is 8.78 Å². The lowest BCUT2D eigenvalue weighted by Gasteiger charge is -2.32. The quantitative estimate of drug-likeness (QED) is 0.540. The van der Waals surface area contributed by atoms with Crippen molar-refractivity contribution in [2.24, 2.45) is 0 Å². The van der Waals surface area contributed by atoms with Crippen molar-refractivity contribution in [1.82, 2.24) is 9.80 Å². The predicted molar refractivity (Wildman–Crippen MR) is 102 cm³/mol. The Hall–Kier alpha value is -0.370. The van der Waals surface area contributed by atoms with E-state index in [1.807, 2.05) is 0 Å². The van der Waals surface area contributed by atoms with Gasteiger partial charge in [0.2, 0.25) is 0 Å². The summed E-state index contributed by atoms with van der Waals surface area (Å²) in [6.45, 7) is 7.33. The Kier molecular flexibility index (Phi) is 7.77. The predicted octanol–water partition coefficient (Wildman–Crippen LogP) is 4.51. The van der Waals surface area contributed by atoms with E-state index in [0.29, 0.717) is 6.54 Å². The number of hydrogen-bond acceptors (Lipinski definition) is 5. The molecular weight excluding hydrogens is 429 g/mol. The van der Waals surface area contributed by atoms with E-state index in [4.69, 9.17) is 9.05 Å². The number of hydrogen-bond donors (Lipinski definition) is 0. The molecule has 0 bridgehead atoms. The van der Waals surface area contributed by atoms with Crippen LogP contribution in [-0.2, 0) is 25.8 Å². The summed E-state index contributed by atoms with van der Waals surface area (Å²) < 4.78 is 52.3. The lowest BCUT2D eigenvalue weighted by Crippen LogP contribution is -2.43. The second-order valence-corrected chi connectivity index (χ2v) is 9.20. The smallest absolute Gasteiger partial charge is 0.304 e. The van der Waals surface area contributed by atoms with Gasteiger partial charge >= 0.3 is 13.3 Å². The molecule has 0 radical (unpaired) electrons. The van der Waals surface area contributed by atoms with Gasteiger partial charge in [0.1, 0.15) is 0 Å². The first-order chi connectivity index (χ1) is 12.2. The molecule has 2 rings (SSSR count). The average molecular weight is 455 g/mol. The number of likely N-dealkylation sites (N-methyl/N-ethyl adjacent to an activating group) is 1. The maximum atomic E-state index is 14.9. The summed E-state index contributed by atoms with van der Waals surface area (Å²) >= 11 is 3.21. The minimum Gasteiger partial charge on any atom is -0.304 e. The lowest BCUT2D eigenvalue weighted by atomic mass is 10.1. The molecule has 0 N–H and O–H groups in total. The third-order valence-corrected chi connectivity index (χ3v) is 7.08. The fourth-order valence-corrected chi connectivity index (χ4v) is 5.25. The SMILES string of the molecule is CCOP(=O)(OCC)C(F)(F)c1ccc(CN2CCN(C)CC2)cc1Br. The maximum absolute atomic E-state index is 14.9. The molecule has 0 atom stereocenters. The fraction of sp³-hybridized carbons (Fsp3) is 0.647. The van der Waals surface area contributed by atoms with Crippen LogP contribution in [0.2, 0.25) is 0 Å². The van der Waals surface area contributed by atoms with Crippen molar-refractivity contribution in [3.05, 3.63) is 33.8 Å². The monoisotopic (exact) mass is 454 g/mol. The minimum absolute atomic E-state index is 0.119. The zero-order chi connectivity index (χ0) is 19.4. The molecule has 1 fully saturated rings. The van der Waals surface area contributed by atoms with Crippen LogP contribution in [-0.4, -0.2) is 56.2 Å². The molecule has 1 saturated heterocycles. The first-order valence-electron chi connectivity index (χ1n) is 8.70. The molecule has 5 nitrogen and oxygen atoms in total. The highest BCUT2D eigenvalue weighted by Crippen LogP contribution is 2.67. The molecule has 1 aromatic carbocycles. The van der Waals surface area contributed by atoms with E-state index in [0.717, 1.165) is 31.7 Å². The topological polar surface area (TPSA) is 42.0 Å². The summed E-state index contributed by atoms with van der Waals surface area (Å²) in [6.07, 6.45) is 0. The summed E-state index contributed by atoms with van der Waals surface area (Å²) in [5, 5.41) is 0. The largest absolute Gasteiger partial charge is 0.404 e. The summed E-state index contributed by atoms with van der Waals surface area (Å²) in [6, 6.07) is 4.61. The fourth-order valence-electron chi connectivity index (χ4n) is 2.85. The van der Waals surface area contributed by atoms with Crippen molar-refractivity contribution in [2.75, 3.05) is 46.4 Å². The van der Waals surface area contributed by atoms with Crippen molar-refractivity contribution in [3.8, 4) is 0 Å². The summed E-state index contributed by atoms with van der Waals surface area (Å²) in [7, 11) is -2.52. The molecule has 0 aliphatic carbocycles. The molecule has 0 aromatic heterocycles. The Morgan fingerprint density at radius 3 is 2.23 bits per heavy atom. The Labute approximate surface area is 162 Å². The van der Waals surface area contributed by atoms with Gasteiger partial charge in [0.25, 0.3) is 0 Å². The standard InChI is InChI=1S/C17H26BrF2N2O3P/c1-4-24-26(23,25-5-2)17(19,20)15-7-6-14(12-16(15)18)13-22-10-8-21(3)9-11-22/h6-7,12H,4-5,8-11,13H2,1-3H3. The summed E-state index contributed by atoms with van der Waals surface area (Å²) in [5.41, 5.74) is -3.20. The minimum atomic E-state index is -4.61. The van der Waals surface area contributed by atoms with Gasteiger partial charge in [-0.1, -0.05) is 28.1 Å². The van der Waals surface area contributed by atoms with Crippen LogP contribution in [0.5, 0.6) is 0 Å². The second kappa shape index (κ2) is 9.22. The van der Waals surface area contributed by atoms with E-state index in [1.54, 1.807) is 12.1 Å². The van der Waals surface area contributed by atoms with Crippen LogP contribution >= 0.6 is 23.5 Å². The highest BCUT2D eigenvalue weighted by atomic mass is 79.9. The van der Waals surface area contributed by atoms with Crippen LogP contribution in [0.3, 0.4) is 0 Å². The number of rotatable bonds is 8. The number of nitrogens with zero attached hydrogens (tertiary/aromatic N) is 2. The second-order valence-electron chi connectivity index (χ2n) is 6.27. The van der Waals surface area contributed by atoms with Crippen LogP contribution in [0.4, 0.5) is 8.78 Å². The molecule has 0 amide bonds. The van der Waals surface area contributed by atoms with Crippen molar-refractivity contribution in [1.29, 1.82) is 0 Å². The van der Waals surface area contributed by atoms with Crippen molar-refractivity contribution < 1.29 is 22.4 Å². The molecule has 1 aliphatic rings. The van der Waals surface area contributed by atoms with E-state index >= 15 is 0 Å². The van der Waals surface area contributed by atoms with Gasteiger partial charge in [0, 0.05) is 42.8 Å². The van der Waals surface area contributed by atoms with Gasteiger partial charge in [-0.3, -0.25) is 9.46 Å². The molecule has 0 saturated carbocycles. The van der Waals surface area contributed by atoms with Gasteiger partial charge < -0.3 is 13.9 Å². The molecule has 1 heterocycles.